The number of benzene rings is 2. The summed E-state index contributed by atoms with van der Waals surface area (Å²) in [4.78, 5) is 24.2. The van der Waals surface area contributed by atoms with Crippen molar-refractivity contribution in [1.29, 1.82) is 0 Å². The monoisotopic (exact) mass is 330 g/mol. The van der Waals surface area contributed by atoms with Crippen molar-refractivity contribution in [2.75, 3.05) is 32.2 Å². The maximum atomic E-state index is 12.0. The molecule has 7 heteroatoms. The van der Waals surface area contributed by atoms with E-state index in [4.69, 9.17) is 9.47 Å². The van der Waals surface area contributed by atoms with Crippen molar-refractivity contribution in [3.63, 3.8) is 0 Å². The van der Waals surface area contributed by atoms with Crippen molar-refractivity contribution in [2.45, 2.75) is 0 Å². The summed E-state index contributed by atoms with van der Waals surface area (Å²) in [5, 5.41) is 11.1. The molecule has 0 aromatic heterocycles. The van der Waals surface area contributed by atoms with Gasteiger partial charge in [0.05, 0.1) is 10.5 Å². The lowest BCUT2D eigenvalue weighted by atomic mass is 10.1. The van der Waals surface area contributed by atoms with Gasteiger partial charge in [0, 0.05) is 20.2 Å². The molecule has 0 amide bonds. The van der Waals surface area contributed by atoms with E-state index in [0.717, 1.165) is 0 Å². The maximum Gasteiger partial charge on any atom is 0.338 e. The highest BCUT2D eigenvalue weighted by atomic mass is 16.6. The number of hydrogen-bond acceptors (Lipinski definition) is 6. The molecule has 0 aliphatic rings. The number of rotatable bonds is 7. The first-order valence-electron chi connectivity index (χ1n) is 7.30. The van der Waals surface area contributed by atoms with E-state index in [-0.39, 0.29) is 24.5 Å². The molecule has 0 heterocycles. The van der Waals surface area contributed by atoms with E-state index in [2.05, 4.69) is 0 Å². The molecular weight excluding hydrogens is 312 g/mol. The van der Waals surface area contributed by atoms with Gasteiger partial charge >= 0.3 is 5.97 Å². The van der Waals surface area contributed by atoms with Crippen molar-refractivity contribution in [2.24, 2.45) is 0 Å². The Hall–Kier alpha value is -3.09. The highest BCUT2D eigenvalue weighted by Gasteiger charge is 2.19. The Balaban J connectivity index is 1.94. The molecule has 0 bridgehead atoms. The number of para-hydroxylation sites is 1. The van der Waals surface area contributed by atoms with Crippen LogP contribution in [0, 0.1) is 10.1 Å². The molecule has 2 rings (SSSR count). The summed E-state index contributed by atoms with van der Waals surface area (Å²) in [6, 6.07) is 13.4. The molecule has 0 atom stereocenters. The molecule has 0 saturated carbocycles. The minimum atomic E-state index is -0.625. The molecule has 0 fully saturated rings. The Kier molecular flexibility index (Phi) is 5.73. The van der Waals surface area contributed by atoms with Crippen LogP contribution in [0.2, 0.25) is 0 Å². The van der Waals surface area contributed by atoms with E-state index < -0.39 is 10.9 Å². The van der Waals surface area contributed by atoms with Crippen LogP contribution in [0.5, 0.6) is 5.75 Å². The van der Waals surface area contributed by atoms with Crippen LogP contribution in [-0.2, 0) is 4.74 Å². The van der Waals surface area contributed by atoms with Crippen LogP contribution in [0.25, 0.3) is 0 Å². The summed E-state index contributed by atoms with van der Waals surface area (Å²) in [7, 11) is 3.39. The summed E-state index contributed by atoms with van der Waals surface area (Å²) < 4.78 is 10.5. The lowest BCUT2D eigenvalue weighted by molar-refractivity contribution is -0.384. The summed E-state index contributed by atoms with van der Waals surface area (Å²) in [5.74, 6) is 0.0552. The molecule has 0 saturated heterocycles. The van der Waals surface area contributed by atoms with Crippen LogP contribution in [0.3, 0.4) is 0 Å². The minimum Gasteiger partial charge on any atom is -0.490 e. The van der Waals surface area contributed by atoms with Crippen molar-refractivity contribution >= 4 is 17.3 Å². The van der Waals surface area contributed by atoms with E-state index in [1.807, 2.05) is 18.2 Å². The van der Waals surface area contributed by atoms with Gasteiger partial charge in [-0.15, -0.1) is 0 Å². The molecule has 0 unspecified atom stereocenters. The molecule has 0 spiro atoms. The van der Waals surface area contributed by atoms with Crippen LogP contribution >= 0.6 is 0 Å². The smallest absolute Gasteiger partial charge is 0.338 e. The lowest BCUT2D eigenvalue weighted by Gasteiger charge is -2.13. The number of nitro benzene ring substituents is 1. The van der Waals surface area contributed by atoms with Crippen LogP contribution < -0.4 is 9.64 Å². The summed E-state index contributed by atoms with van der Waals surface area (Å²) in [6.45, 7) is 0.255. The Labute approximate surface area is 139 Å². The van der Waals surface area contributed by atoms with E-state index >= 15 is 0 Å². The van der Waals surface area contributed by atoms with E-state index in [0.29, 0.717) is 11.4 Å². The van der Waals surface area contributed by atoms with Gasteiger partial charge in [-0.25, -0.2) is 4.79 Å². The number of carbonyl (C=O) groups excluding carboxylic acids is 1. The maximum absolute atomic E-state index is 12.0. The van der Waals surface area contributed by atoms with Crippen molar-refractivity contribution in [3.8, 4) is 5.75 Å². The number of hydrogen-bond donors (Lipinski definition) is 0. The zero-order valence-corrected chi connectivity index (χ0v) is 13.5. The fraction of sp³-hybridized carbons (Fsp3) is 0.235. The fourth-order valence-electron chi connectivity index (χ4n) is 2.07. The van der Waals surface area contributed by atoms with Crippen LogP contribution in [0.15, 0.2) is 48.5 Å². The summed E-state index contributed by atoms with van der Waals surface area (Å²) in [5.41, 5.74) is 0.408. The van der Waals surface area contributed by atoms with Gasteiger partial charge in [0.1, 0.15) is 24.7 Å². The first-order valence-corrected chi connectivity index (χ1v) is 7.30. The molecule has 0 N–H and O–H groups in total. The fourth-order valence-corrected chi connectivity index (χ4v) is 2.07. The number of nitro groups is 1. The molecule has 126 valence electrons. The number of nitrogens with zero attached hydrogens (tertiary/aromatic N) is 2. The molecule has 2 aromatic rings. The van der Waals surface area contributed by atoms with Gasteiger partial charge in [-0.05, 0) is 24.3 Å². The zero-order valence-electron chi connectivity index (χ0n) is 13.5. The van der Waals surface area contributed by atoms with E-state index in [9.17, 15) is 14.9 Å². The van der Waals surface area contributed by atoms with Gasteiger partial charge in [0.15, 0.2) is 0 Å². The quantitative estimate of drug-likeness (QED) is 0.336. The zero-order chi connectivity index (χ0) is 17.5. The van der Waals surface area contributed by atoms with Crippen LogP contribution in [0.4, 0.5) is 11.4 Å². The average Bonchev–Trinajstić information content (AvgIpc) is 2.58. The van der Waals surface area contributed by atoms with E-state index in [1.54, 1.807) is 31.1 Å². The normalized spacial score (nSPS) is 10.1. The van der Waals surface area contributed by atoms with Crippen molar-refractivity contribution in [1.82, 2.24) is 0 Å². The molecule has 7 nitrogen and oxygen atoms in total. The molecule has 24 heavy (non-hydrogen) atoms. The number of carbonyl (C=O) groups is 1. The second kappa shape index (κ2) is 7.96. The Bertz CT molecular complexity index is 716. The van der Waals surface area contributed by atoms with Gasteiger partial charge < -0.3 is 14.4 Å². The second-order valence-corrected chi connectivity index (χ2v) is 5.15. The second-order valence-electron chi connectivity index (χ2n) is 5.15. The standard InChI is InChI=1S/C17H18N2O5/c1-18(2)15-9-8-13(12-16(15)19(21)22)17(20)24-11-10-23-14-6-4-3-5-7-14/h3-9,12H,10-11H2,1-2H3. The summed E-state index contributed by atoms with van der Waals surface area (Å²) in [6.07, 6.45) is 0. The van der Waals surface area contributed by atoms with Gasteiger partial charge in [0.25, 0.3) is 5.69 Å². The highest BCUT2D eigenvalue weighted by Crippen LogP contribution is 2.27. The molecule has 0 aliphatic heterocycles. The molecule has 2 aromatic carbocycles. The first-order chi connectivity index (χ1) is 11.5. The van der Waals surface area contributed by atoms with Crippen LogP contribution in [-0.4, -0.2) is 38.2 Å². The first kappa shape index (κ1) is 17.3. The number of esters is 1. The SMILES string of the molecule is CN(C)c1ccc(C(=O)OCCOc2ccccc2)cc1[N+](=O)[O-]. The van der Waals surface area contributed by atoms with Gasteiger partial charge in [-0.3, -0.25) is 10.1 Å². The van der Waals surface area contributed by atoms with Gasteiger partial charge in [-0.2, -0.15) is 0 Å². The number of ether oxygens (including phenoxy) is 2. The van der Waals surface area contributed by atoms with Crippen molar-refractivity contribution in [3.05, 3.63) is 64.2 Å². The topological polar surface area (TPSA) is 81.9 Å². The average molecular weight is 330 g/mol. The Morgan fingerprint density at radius 2 is 1.83 bits per heavy atom. The summed E-state index contributed by atoms with van der Waals surface area (Å²) >= 11 is 0. The van der Waals surface area contributed by atoms with Crippen LogP contribution in [0.1, 0.15) is 10.4 Å². The Morgan fingerprint density at radius 3 is 2.46 bits per heavy atom. The number of anilines is 1. The predicted octanol–water partition coefficient (Wildman–Crippen LogP) is 2.90. The molecular formula is C17H18N2O5. The van der Waals surface area contributed by atoms with E-state index in [1.165, 1.54) is 18.2 Å². The third-order valence-electron chi connectivity index (χ3n) is 3.22. The minimum absolute atomic E-state index is 0.0525. The third-order valence-corrected chi connectivity index (χ3v) is 3.22. The largest absolute Gasteiger partial charge is 0.490 e. The predicted molar refractivity (Wildman–Crippen MR) is 89.6 cm³/mol. The Morgan fingerprint density at radius 1 is 1.12 bits per heavy atom. The lowest BCUT2D eigenvalue weighted by Crippen LogP contribution is -2.14. The molecule has 0 radical (unpaired) electrons. The van der Waals surface area contributed by atoms with Gasteiger partial charge in [0.2, 0.25) is 0 Å². The highest BCUT2D eigenvalue weighted by molar-refractivity contribution is 5.91. The third kappa shape index (κ3) is 4.45. The van der Waals surface area contributed by atoms with Gasteiger partial charge in [-0.1, -0.05) is 18.2 Å². The molecule has 0 aliphatic carbocycles. The van der Waals surface area contributed by atoms with Crippen molar-refractivity contribution < 1.29 is 19.2 Å².